The molecule has 32 heavy (non-hydrogen) atoms. The van der Waals surface area contributed by atoms with Crippen LogP contribution in [-0.2, 0) is 4.79 Å². The number of fused-ring (bicyclic) bond motifs is 1. The quantitative estimate of drug-likeness (QED) is 0.619. The van der Waals surface area contributed by atoms with Crippen molar-refractivity contribution in [2.45, 2.75) is 31.6 Å². The van der Waals surface area contributed by atoms with Gasteiger partial charge in [0, 0.05) is 29.2 Å². The molecule has 2 aromatic carbocycles. The standard InChI is InChI=1S/C25H24N2O5/c1-13-22-23(17-12-15(30-2)8-9-21(17)31-3)24-18(26-25(22)32-27-13)10-14(11-20(24)29)16-6-4-5-7-19(16)28/h4-9,12,14,23,26,28H,10-11H2,1-3H3/t14-,23+/m0/s1. The van der Waals surface area contributed by atoms with Gasteiger partial charge in [-0.25, -0.2) is 0 Å². The van der Waals surface area contributed by atoms with Gasteiger partial charge in [0.15, 0.2) is 5.78 Å². The van der Waals surface area contributed by atoms with Gasteiger partial charge in [0.25, 0.3) is 0 Å². The highest BCUT2D eigenvalue weighted by atomic mass is 16.5. The van der Waals surface area contributed by atoms with E-state index in [4.69, 9.17) is 14.0 Å². The van der Waals surface area contributed by atoms with E-state index in [0.717, 1.165) is 22.4 Å². The maximum Gasteiger partial charge on any atom is 0.233 e. The van der Waals surface area contributed by atoms with E-state index in [1.807, 2.05) is 37.3 Å². The second kappa shape index (κ2) is 7.75. The Kier molecular flexibility index (Phi) is 4.89. The Balaban J connectivity index is 1.68. The lowest BCUT2D eigenvalue weighted by Gasteiger charge is -2.35. The summed E-state index contributed by atoms with van der Waals surface area (Å²) >= 11 is 0. The van der Waals surface area contributed by atoms with Gasteiger partial charge in [-0.3, -0.25) is 4.79 Å². The van der Waals surface area contributed by atoms with Crippen molar-refractivity contribution in [3.8, 4) is 17.2 Å². The number of para-hydroxylation sites is 1. The Morgan fingerprint density at radius 1 is 1.09 bits per heavy atom. The van der Waals surface area contributed by atoms with Crippen LogP contribution in [0.1, 0.15) is 47.1 Å². The maximum absolute atomic E-state index is 13.6. The average molecular weight is 432 g/mol. The van der Waals surface area contributed by atoms with Gasteiger partial charge in [-0.1, -0.05) is 23.4 Å². The number of nitrogens with zero attached hydrogens (tertiary/aromatic N) is 1. The molecule has 5 rings (SSSR count). The Hall–Kier alpha value is -3.74. The molecule has 0 saturated carbocycles. The zero-order valence-electron chi connectivity index (χ0n) is 18.1. The number of carbonyl (C=O) groups excluding carboxylic acids is 1. The highest BCUT2D eigenvalue weighted by Gasteiger charge is 2.42. The van der Waals surface area contributed by atoms with Crippen molar-refractivity contribution in [1.29, 1.82) is 0 Å². The molecule has 0 spiro atoms. The van der Waals surface area contributed by atoms with Crippen molar-refractivity contribution in [3.63, 3.8) is 0 Å². The van der Waals surface area contributed by atoms with Crippen molar-refractivity contribution in [1.82, 2.24) is 5.16 Å². The molecule has 7 heteroatoms. The summed E-state index contributed by atoms with van der Waals surface area (Å²) in [5.74, 6) is 1.56. The number of aromatic nitrogens is 1. The normalized spacial score (nSPS) is 19.8. The predicted octanol–water partition coefficient (Wildman–Crippen LogP) is 4.66. The Bertz CT molecular complexity index is 1240. The summed E-state index contributed by atoms with van der Waals surface area (Å²) in [5.41, 5.74) is 4.59. The van der Waals surface area contributed by atoms with Gasteiger partial charge < -0.3 is 24.4 Å². The first-order valence-corrected chi connectivity index (χ1v) is 10.5. The minimum atomic E-state index is -0.393. The number of phenols is 1. The Morgan fingerprint density at radius 3 is 2.66 bits per heavy atom. The topological polar surface area (TPSA) is 93.8 Å². The molecule has 3 aromatic rings. The second-order valence-corrected chi connectivity index (χ2v) is 8.16. The Morgan fingerprint density at radius 2 is 1.91 bits per heavy atom. The second-order valence-electron chi connectivity index (χ2n) is 8.16. The molecular formula is C25H24N2O5. The minimum Gasteiger partial charge on any atom is -0.508 e. The monoisotopic (exact) mass is 432 g/mol. The van der Waals surface area contributed by atoms with Crippen LogP contribution < -0.4 is 14.8 Å². The van der Waals surface area contributed by atoms with Crippen LogP contribution in [0.25, 0.3) is 0 Å². The van der Waals surface area contributed by atoms with E-state index < -0.39 is 5.92 Å². The van der Waals surface area contributed by atoms with Crippen LogP contribution in [0.5, 0.6) is 17.2 Å². The van der Waals surface area contributed by atoms with E-state index in [0.29, 0.717) is 41.5 Å². The first kappa shape index (κ1) is 20.2. The average Bonchev–Trinajstić information content (AvgIpc) is 3.17. The number of aromatic hydroxyl groups is 1. The van der Waals surface area contributed by atoms with Crippen LogP contribution in [0.4, 0.5) is 5.88 Å². The third-order valence-corrected chi connectivity index (χ3v) is 6.38. The molecule has 2 atom stereocenters. The molecule has 2 heterocycles. The molecule has 1 aromatic heterocycles. The van der Waals surface area contributed by atoms with Gasteiger partial charge in [-0.2, -0.15) is 0 Å². The molecule has 0 unspecified atom stereocenters. The molecule has 1 aliphatic carbocycles. The highest BCUT2D eigenvalue weighted by molar-refractivity contribution is 6.01. The molecule has 7 nitrogen and oxygen atoms in total. The first-order chi connectivity index (χ1) is 15.5. The summed E-state index contributed by atoms with van der Waals surface area (Å²) in [5, 5.41) is 17.8. The lowest BCUT2D eigenvalue weighted by Crippen LogP contribution is -2.29. The SMILES string of the molecule is COc1ccc(OC)c([C@H]2C3=C(C[C@H](c4ccccc4O)CC3=O)Nc3onc(C)c32)c1. The van der Waals surface area contributed by atoms with Crippen LogP contribution in [0.15, 0.2) is 58.3 Å². The number of rotatable bonds is 4. The van der Waals surface area contributed by atoms with Crippen LogP contribution in [-0.4, -0.2) is 30.3 Å². The number of carbonyl (C=O) groups is 1. The van der Waals surface area contributed by atoms with E-state index in [1.54, 1.807) is 26.4 Å². The number of phenolic OH excluding ortho intramolecular Hbond substituents is 1. The number of hydrogen-bond donors (Lipinski definition) is 2. The number of nitrogens with one attached hydrogen (secondary N) is 1. The number of Topliss-reactive ketones (excluding diaryl/α,β-unsaturated/α-hetero) is 1. The number of ether oxygens (including phenoxy) is 2. The summed E-state index contributed by atoms with van der Waals surface area (Å²) in [7, 11) is 3.22. The minimum absolute atomic E-state index is 0.0214. The van der Waals surface area contributed by atoms with E-state index >= 15 is 0 Å². The number of methoxy groups -OCH3 is 2. The number of benzene rings is 2. The summed E-state index contributed by atoms with van der Waals surface area (Å²) in [6, 6.07) is 12.8. The highest BCUT2D eigenvalue weighted by Crippen LogP contribution is 2.51. The van der Waals surface area contributed by atoms with Gasteiger partial charge >= 0.3 is 0 Å². The van der Waals surface area contributed by atoms with Gasteiger partial charge in [-0.15, -0.1) is 0 Å². The van der Waals surface area contributed by atoms with Crippen LogP contribution in [0, 0.1) is 6.92 Å². The number of ketones is 1. The summed E-state index contributed by atoms with van der Waals surface area (Å²) in [6.45, 7) is 1.87. The Labute approximate surface area is 185 Å². The summed E-state index contributed by atoms with van der Waals surface area (Å²) in [4.78, 5) is 13.6. The van der Waals surface area contributed by atoms with Gasteiger partial charge in [0.2, 0.25) is 5.88 Å². The fraction of sp³-hybridized carbons (Fsp3) is 0.280. The molecule has 164 valence electrons. The van der Waals surface area contributed by atoms with Gasteiger partial charge in [-0.05, 0) is 43.2 Å². The van der Waals surface area contributed by atoms with Crippen molar-refractivity contribution in [2.24, 2.45) is 0 Å². The number of aryl methyl sites for hydroxylation is 1. The maximum atomic E-state index is 13.6. The molecule has 2 aliphatic rings. The van der Waals surface area contributed by atoms with E-state index in [9.17, 15) is 9.90 Å². The van der Waals surface area contributed by atoms with E-state index in [-0.39, 0.29) is 17.5 Å². The fourth-order valence-electron chi connectivity index (χ4n) is 4.90. The number of anilines is 1. The predicted molar refractivity (Wildman–Crippen MR) is 118 cm³/mol. The zero-order chi connectivity index (χ0) is 22.4. The third kappa shape index (κ3) is 3.12. The molecule has 0 fully saturated rings. The molecular weight excluding hydrogens is 408 g/mol. The number of allylic oxidation sites excluding steroid dienone is 2. The smallest absolute Gasteiger partial charge is 0.233 e. The summed E-state index contributed by atoms with van der Waals surface area (Å²) in [6.07, 6.45) is 0.876. The van der Waals surface area contributed by atoms with Crippen LogP contribution in [0.3, 0.4) is 0 Å². The third-order valence-electron chi connectivity index (χ3n) is 6.38. The zero-order valence-corrected chi connectivity index (χ0v) is 18.1. The lowest BCUT2D eigenvalue weighted by atomic mass is 9.72. The molecule has 1 aliphatic heterocycles. The molecule has 2 N–H and O–H groups in total. The summed E-state index contributed by atoms with van der Waals surface area (Å²) < 4.78 is 16.7. The fourth-order valence-corrected chi connectivity index (χ4v) is 4.90. The van der Waals surface area contributed by atoms with E-state index in [2.05, 4.69) is 10.5 Å². The first-order valence-electron chi connectivity index (χ1n) is 10.5. The molecule has 0 saturated heterocycles. The molecule has 0 radical (unpaired) electrons. The lowest BCUT2D eigenvalue weighted by molar-refractivity contribution is -0.116. The number of hydrogen-bond acceptors (Lipinski definition) is 7. The van der Waals surface area contributed by atoms with Crippen LogP contribution in [0.2, 0.25) is 0 Å². The van der Waals surface area contributed by atoms with Crippen molar-refractivity contribution < 1.29 is 23.9 Å². The van der Waals surface area contributed by atoms with E-state index in [1.165, 1.54) is 0 Å². The van der Waals surface area contributed by atoms with Crippen molar-refractivity contribution in [2.75, 3.05) is 19.5 Å². The largest absolute Gasteiger partial charge is 0.508 e. The molecule has 0 bridgehead atoms. The van der Waals surface area contributed by atoms with Crippen LogP contribution >= 0.6 is 0 Å². The van der Waals surface area contributed by atoms with Crippen molar-refractivity contribution >= 4 is 11.7 Å². The molecule has 0 amide bonds. The van der Waals surface area contributed by atoms with Gasteiger partial charge in [0.05, 0.1) is 31.4 Å². The van der Waals surface area contributed by atoms with Crippen molar-refractivity contribution in [3.05, 3.63) is 76.1 Å². The van der Waals surface area contributed by atoms with Gasteiger partial charge in [0.1, 0.15) is 17.2 Å².